The molecule has 2 fully saturated rings. The predicted molar refractivity (Wildman–Crippen MR) is 194 cm³/mol. The lowest BCUT2D eigenvalue weighted by Gasteiger charge is -2.35. The standard InChI is InChI=1S/C38H40ClN7O6/c1-2-38(22-42-34-33(38)28(39)14-16-41-34)23-7-6-8-25(19-23)45-18-17-44(21-32(45)49)31(48)9-4-3-5-15-40-24-10-11-26-27(20-24)37(52)46(36(26)51)29-12-13-30(47)43-35(29)50/h6-8,10-11,14,16,19-20,29,40H,2-5,9,12-13,15,17-18,21-22H2,1H3,(H,41,42)(H,43,47,50). The number of unbranched alkanes of at least 4 members (excludes halogenated alkanes) is 2. The minimum Gasteiger partial charge on any atom is -0.385 e. The number of fused-ring (bicyclic) bond motifs is 2. The first kappa shape index (κ1) is 35.1. The fourth-order valence-corrected chi connectivity index (χ4v) is 8.11. The van der Waals surface area contributed by atoms with Crippen molar-refractivity contribution < 1.29 is 28.8 Å². The van der Waals surface area contributed by atoms with Crippen LogP contribution < -0.4 is 20.9 Å². The highest BCUT2D eigenvalue weighted by atomic mass is 35.5. The number of halogens is 1. The molecule has 14 heteroatoms. The Balaban J connectivity index is 0.868. The van der Waals surface area contributed by atoms with E-state index in [4.69, 9.17) is 11.6 Å². The first-order valence-electron chi connectivity index (χ1n) is 17.8. The lowest BCUT2D eigenvalue weighted by Crippen LogP contribution is -2.54. The minimum atomic E-state index is -1.01. The smallest absolute Gasteiger partial charge is 0.262 e. The number of pyridine rings is 1. The van der Waals surface area contributed by atoms with Crippen LogP contribution in [0.2, 0.25) is 5.02 Å². The molecule has 7 rings (SSSR count). The Bertz CT molecular complexity index is 1990. The Morgan fingerprint density at radius 3 is 2.62 bits per heavy atom. The number of hydrogen-bond donors (Lipinski definition) is 3. The van der Waals surface area contributed by atoms with Crippen LogP contribution in [0.15, 0.2) is 54.7 Å². The third-order valence-electron chi connectivity index (χ3n) is 10.7. The summed E-state index contributed by atoms with van der Waals surface area (Å²) >= 11 is 6.66. The molecule has 0 radical (unpaired) electrons. The van der Waals surface area contributed by atoms with E-state index in [2.05, 4.69) is 40.0 Å². The van der Waals surface area contributed by atoms with E-state index in [9.17, 15) is 28.8 Å². The SMILES string of the molecule is CCC1(c2cccc(N3CCN(C(=O)CCCCCNc4ccc5c(c4)C(=O)N(C4CCC(=O)NC4=O)C5=O)CC3=O)c2)CNc2nccc(Cl)c21. The topological polar surface area (TPSA) is 161 Å². The number of anilines is 3. The van der Waals surface area contributed by atoms with Crippen molar-refractivity contribution in [2.45, 2.75) is 63.3 Å². The number of aromatic nitrogens is 1. The first-order valence-corrected chi connectivity index (χ1v) is 18.2. The number of piperazine rings is 1. The van der Waals surface area contributed by atoms with Gasteiger partial charge in [0.1, 0.15) is 18.4 Å². The van der Waals surface area contributed by atoms with Crippen LogP contribution in [0.5, 0.6) is 0 Å². The number of imide groups is 2. The fraction of sp³-hybridized carbons (Fsp3) is 0.395. The number of amides is 6. The second-order valence-electron chi connectivity index (χ2n) is 13.7. The molecule has 0 bridgehead atoms. The zero-order chi connectivity index (χ0) is 36.6. The van der Waals surface area contributed by atoms with E-state index in [0.717, 1.165) is 46.8 Å². The van der Waals surface area contributed by atoms with Crippen LogP contribution >= 0.6 is 11.6 Å². The van der Waals surface area contributed by atoms with Gasteiger partial charge in [-0.05, 0) is 67.6 Å². The van der Waals surface area contributed by atoms with Crippen molar-refractivity contribution in [3.05, 3.63) is 82.0 Å². The van der Waals surface area contributed by atoms with Gasteiger partial charge in [0.05, 0.1) is 11.1 Å². The monoisotopic (exact) mass is 725 g/mol. The molecule has 5 heterocycles. The molecular weight excluding hydrogens is 686 g/mol. The maximum absolute atomic E-state index is 13.3. The summed E-state index contributed by atoms with van der Waals surface area (Å²) in [5.41, 5.74) is 3.59. The van der Waals surface area contributed by atoms with E-state index in [0.29, 0.717) is 49.7 Å². The van der Waals surface area contributed by atoms with Crippen LogP contribution in [-0.2, 0) is 24.6 Å². The van der Waals surface area contributed by atoms with Crippen LogP contribution in [-0.4, -0.2) is 89.0 Å². The van der Waals surface area contributed by atoms with Gasteiger partial charge in [-0.25, -0.2) is 4.98 Å². The summed E-state index contributed by atoms with van der Waals surface area (Å²) < 4.78 is 0. The van der Waals surface area contributed by atoms with Gasteiger partial charge in [0, 0.05) is 72.6 Å². The Hall–Kier alpha value is -5.30. The van der Waals surface area contributed by atoms with Crippen LogP contribution in [0.3, 0.4) is 0 Å². The largest absolute Gasteiger partial charge is 0.385 e. The van der Waals surface area contributed by atoms with Gasteiger partial charge in [-0.15, -0.1) is 0 Å². The summed E-state index contributed by atoms with van der Waals surface area (Å²) in [7, 11) is 0. The van der Waals surface area contributed by atoms with Crippen molar-refractivity contribution in [3.63, 3.8) is 0 Å². The number of rotatable bonds is 11. The number of nitrogens with one attached hydrogen (secondary N) is 3. The third kappa shape index (κ3) is 6.38. The molecule has 2 atom stereocenters. The maximum Gasteiger partial charge on any atom is 0.262 e. The molecule has 4 aliphatic heterocycles. The van der Waals surface area contributed by atoms with E-state index in [1.54, 1.807) is 34.2 Å². The lowest BCUT2D eigenvalue weighted by atomic mass is 9.74. The summed E-state index contributed by atoms with van der Waals surface area (Å²) in [6, 6.07) is 13.7. The summed E-state index contributed by atoms with van der Waals surface area (Å²) in [6.45, 7) is 4.28. The van der Waals surface area contributed by atoms with Gasteiger partial charge in [0.25, 0.3) is 11.8 Å². The number of piperidine rings is 1. The van der Waals surface area contributed by atoms with Gasteiger partial charge in [-0.2, -0.15) is 0 Å². The number of carbonyl (C=O) groups is 6. The molecule has 52 heavy (non-hydrogen) atoms. The number of hydrogen-bond acceptors (Lipinski definition) is 9. The highest BCUT2D eigenvalue weighted by Crippen LogP contribution is 2.47. The molecule has 2 saturated heterocycles. The molecule has 0 spiro atoms. The summed E-state index contributed by atoms with van der Waals surface area (Å²) in [4.78, 5) is 85.0. The Morgan fingerprint density at radius 2 is 1.83 bits per heavy atom. The van der Waals surface area contributed by atoms with Gasteiger partial charge in [0.2, 0.25) is 23.6 Å². The minimum absolute atomic E-state index is 0.0319. The predicted octanol–water partition coefficient (Wildman–Crippen LogP) is 4.11. The Labute approximate surface area is 306 Å². The van der Waals surface area contributed by atoms with E-state index in [-0.39, 0.29) is 47.7 Å². The highest BCUT2D eigenvalue weighted by molar-refractivity contribution is 6.32. The molecule has 0 saturated carbocycles. The summed E-state index contributed by atoms with van der Waals surface area (Å²) in [5.74, 6) is -1.53. The quantitative estimate of drug-likeness (QED) is 0.195. The molecule has 0 aliphatic carbocycles. The Morgan fingerprint density at radius 1 is 1.00 bits per heavy atom. The molecule has 270 valence electrons. The fourth-order valence-electron chi connectivity index (χ4n) is 7.78. The second kappa shape index (κ2) is 14.4. The van der Waals surface area contributed by atoms with Gasteiger partial charge in [-0.3, -0.25) is 39.0 Å². The number of carbonyl (C=O) groups excluding carboxylic acids is 6. The molecule has 6 amide bonds. The molecule has 13 nitrogen and oxygen atoms in total. The van der Waals surface area contributed by atoms with Crippen molar-refractivity contribution in [1.29, 1.82) is 0 Å². The average Bonchev–Trinajstić information content (AvgIpc) is 3.65. The second-order valence-corrected chi connectivity index (χ2v) is 14.1. The van der Waals surface area contributed by atoms with Crippen LogP contribution in [0.1, 0.15) is 83.7 Å². The van der Waals surface area contributed by atoms with Gasteiger partial charge < -0.3 is 20.4 Å². The zero-order valence-corrected chi connectivity index (χ0v) is 29.6. The van der Waals surface area contributed by atoms with Gasteiger partial charge >= 0.3 is 0 Å². The summed E-state index contributed by atoms with van der Waals surface area (Å²) in [6.07, 6.45) is 5.23. The maximum atomic E-state index is 13.3. The molecule has 1 aromatic heterocycles. The lowest BCUT2D eigenvalue weighted by molar-refractivity contribution is -0.137. The van der Waals surface area contributed by atoms with Crippen LogP contribution in [0.25, 0.3) is 0 Å². The van der Waals surface area contributed by atoms with Gasteiger partial charge in [-0.1, -0.05) is 37.1 Å². The van der Waals surface area contributed by atoms with E-state index >= 15 is 0 Å². The van der Waals surface area contributed by atoms with Crippen molar-refractivity contribution in [2.24, 2.45) is 0 Å². The first-order chi connectivity index (χ1) is 25.1. The molecule has 2 aromatic carbocycles. The Kier molecular flexibility index (Phi) is 9.71. The molecular formula is C38H40ClN7O6. The van der Waals surface area contributed by atoms with E-state index in [1.165, 1.54) is 0 Å². The van der Waals surface area contributed by atoms with Crippen LogP contribution in [0.4, 0.5) is 17.2 Å². The zero-order valence-electron chi connectivity index (χ0n) is 28.9. The van der Waals surface area contributed by atoms with E-state index in [1.807, 2.05) is 18.2 Å². The normalized spacial score (nSPS) is 21.2. The van der Waals surface area contributed by atoms with Crippen molar-refractivity contribution in [1.82, 2.24) is 20.1 Å². The third-order valence-corrected chi connectivity index (χ3v) is 11.0. The molecule has 2 unspecified atom stereocenters. The summed E-state index contributed by atoms with van der Waals surface area (Å²) in [5, 5.41) is 9.53. The molecule has 4 aliphatic rings. The van der Waals surface area contributed by atoms with E-state index < -0.39 is 29.7 Å². The molecule has 3 aromatic rings. The highest BCUT2D eigenvalue weighted by Gasteiger charge is 2.45. The van der Waals surface area contributed by atoms with Gasteiger partial charge in [0.15, 0.2) is 0 Å². The average molecular weight is 726 g/mol. The molecule has 3 N–H and O–H groups in total. The number of benzene rings is 2. The van der Waals surface area contributed by atoms with Crippen molar-refractivity contribution >= 4 is 64.2 Å². The number of nitrogens with zero attached hydrogens (tertiary/aromatic N) is 4. The van der Waals surface area contributed by atoms with Crippen molar-refractivity contribution in [3.8, 4) is 0 Å². The van der Waals surface area contributed by atoms with Crippen molar-refractivity contribution in [2.75, 3.05) is 48.3 Å². The van der Waals surface area contributed by atoms with Crippen LogP contribution in [0, 0.1) is 0 Å².